The molecule has 0 saturated heterocycles. The number of rotatable bonds is 3. The molecule has 0 saturated carbocycles. The summed E-state index contributed by atoms with van der Waals surface area (Å²) in [7, 11) is 0. The average Bonchev–Trinajstić information content (AvgIpc) is 1.67. The van der Waals surface area contributed by atoms with E-state index in [1.807, 2.05) is 6.92 Å². The SMILES string of the molecule is CCOC(C)C(C)[O]. The maximum absolute atomic E-state index is 10.5. The molecule has 0 N–H and O–H groups in total. The summed E-state index contributed by atoms with van der Waals surface area (Å²) in [5.74, 6) is 0. The Hall–Kier alpha value is -0.0800. The van der Waals surface area contributed by atoms with E-state index in [4.69, 9.17) is 4.74 Å². The van der Waals surface area contributed by atoms with Crippen LogP contribution in [0.15, 0.2) is 0 Å². The zero-order chi connectivity index (χ0) is 6.57. The van der Waals surface area contributed by atoms with Crippen molar-refractivity contribution in [3.8, 4) is 0 Å². The molecule has 49 valence electrons. The molecule has 0 bridgehead atoms. The first-order chi connectivity index (χ1) is 3.68. The van der Waals surface area contributed by atoms with Gasteiger partial charge in [-0.05, 0) is 20.8 Å². The van der Waals surface area contributed by atoms with Gasteiger partial charge in [-0.15, -0.1) is 0 Å². The first kappa shape index (κ1) is 7.92. The Kier molecular flexibility index (Phi) is 3.83. The van der Waals surface area contributed by atoms with Crippen molar-refractivity contribution < 1.29 is 9.84 Å². The van der Waals surface area contributed by atoms with Crippen LogP contribution in [0.5, 0.6) is 0 Å². The predicted molar refractivity (Wildman–Crippen MR) is 31.2 cm³/mol. The van der Waals surface area contributed by atoms with Crippen LogP contribution >= 0.6 is 0 Å². The third kappa shape index (κ3) is 2.99. The first-order valence-electron chi connectivity index (χ1n) is 2.96. The van der Waals surface area contributed by atoms with Crippen LogP contribution < -0.4 is 0 Å². The Balaban J connectivity index is 3.17. The van der Waals surface area contributed by atoms with Crippen LogP contribution in [0.3, 0.4) is 0 Å². The Morgan fingerprint density at radius 3 is 2.12 bits per heavy atom. The van der Waals surface area contributed by atoms with E-state index in [-0.39, 0.29) is 6.10 Å². The average molecular weight is 117 g/mol. The van der Waals surface area contributed by atoms with E-state index >= 15 is 0 Å². The van der Waals surface area contributed by atoms with Crippen LogP contribution in [-0.2, 0) is 9.84 Å². The monoisotopic (exact) mass is 117 g/mol. The third-order valence-electron chi connectivity index (χ3n) is 1.09. The summed E-state index contributed by atoms with van der Waals surface area (Å²) in [6, 6.07) is 0. The van der Waals surface area contributed by atoms with Gasteiger partial charge in [-0.3, -0.25) is 0 Å². The molecule has 0 aliphatic carbocycles. The van der Waals surface area contributed by atoms with Crippen LogP contribution in [0.25, 0.3) is 0 Å². The van der Waals surface area contributed by atoms with Gasteiger partial charge in [0.15, 0.2) is 0 Å². The number of hydrogen-bond donors (Lipinski definition) is 0. The molecule has 0 heterocycles. The summed E-state index contributed by atoms with van der Waals surface area (Å²) in [5, 5.41) is 10.5. The first-order valence-corrected chi connectivity index (χ1v) is 2.96. The summed E-state index contributed by atoms with van der Waals surface area (Å²) in [5.41, 5.74) is 0. The normalized spacial score (nSPS) is 18.0. The van der Waals surface area contributed by atoms with Gasteiger partial charge in [0.2, 0.25) is 0 Å². The zero-order valence-corrected chi connectivity index (χ0v) is 5.68. The van der Waals surface area contributed by atoms with Crippen molar-refractivity contribution in [2.75, 3.05) is 6.61 Å². The highest BCUT2D eigenvalue weighted by Crippen LogP contribution is 1.96. The molecule has 2 atom stereocenters. The number of hydrogen-bond acceptors (Lipinski definition) is 1. The predicted octanol–water partition coefficient (Wildman–Crippen LogP) is 1.23. The van der Waals surface area contributed by atoms with E-state index in [0.717, 1.165) is 0 Å². The van der Waals surface area contributed by atoms with Gasteiger partial charge in [0, 0.05) is 6.61 Å². The Labute approximate surface area is 50.5 Å². The molecule has 0 fully saturated rings. The largest absolute Gasteiger partial charge is 0.376 e. The lowest BCUT2D eigenvalue weighted by Crippen LogP contribution is -2.21. The zero-order valence-electron chi connectivity index (χ0n) is 5.68. The van der Waals surface area contributed by atoms with Crippen LogP contribution in [0.1, 0.15) is 20.8 Å². The Morgan fingerprint density at radius 2 is 2.00 bits per heavy atom. The molecular weight excluding hydrogens is 104 g/mol. The second-order valence-electron chi connectivity index (χ2n) is 1.87. The van der Waals surface area contributed by atoms with Crippen molar-refractivity contribution >= 4 is 0 Å². The molecule has 2 nitrogen and oxygen atoms in total. The molecule has 1 radical (unpaired) electrons. The molecule has 0 aromatic carbocycles. The van der Waals surface area contributed by atoms with Gasteiger partial charge in [0.1, 0.15) is 6.10 Å². The Bertz CT molecular complexity index is 52.5. The van der Waals surface area contributed by atoms with Crippen LogP contribution in [0.2, 0.25) is 0 Å². The lowest BCUT2D eigenvalue weighted by atomic mass is 10.3. The molecule has 0 amide bonds. The fraction of sp³-hybridized carbons (Fsp3) is 1.00. The second-order valence-corrected chi connectivity index (χ2v) is 1.87. The highest BCUT2D eigenvalue weighted by atomic mass is 16.5. The molecule has 0 aliphatic heterocycles. The van der Waals surface area contributed by atoms with E-state index < -0.39 is 6.10 Å². The molecule has 0 aliphatic rings. The minimum absolute atomic E-state index is 0.139. The van der Waals surface area contributed by atoms with E-state index in [1.54, 1.807) is 13.8 Å². The van der Waals surface area contributed by atoms with Crippen molar-refractivity contribution in [1.29, 1.82) is 0 Å². The highest BCUT2D eigenvalue weighted by molar-refractivity contribution is 4.54. The van der Waals surface area contributed by atoms with Gasteiger partial charge in [0.05, 0.1) is 6.10 Å². The van der Waals surface area contributed by atoms with Crippen molar-refractivity contribution in [3.05, 3.63) is 0 Å². The van der Waals surface area contributed by atoms with E-state index in [0.29, 0.717) is 6.61 Å². The molecule has 8 heavy (non-hydrogen) atoms. The van der Waals surface area contributed by atoms with Gasteiger partial charge in [-0.1, -0.05) is 0 Å². The molecule has 0 rings (SSSR count). The van der Waals surface area contributed by atoms with E-state index in [9.17, 15) is 5.11 Å². The van der Waals surface area contributed by atoms with Crippen molar-refractivity contribution in [1.82, 2.24) is 0 Å². The standard InChI is InChI=1S/C6H13O2/c1-4-8-6(3)5(2)7/h5-6H,4H2,1-3H3. The summed E-state index contributed by atoms with van der Waals surface area (Å²) in [6.07, 6.45) is -0.741. The quantitative estimate of drug-likeness (QED) is 0.546. The molecule has 0 aromatic heterocycles. The summed E-state index contributed by atoms with van der Waals surface area (Å²) in [4.78, 5) is 0. The summed E-state index contributed by atoms with van der Waals surface area (Å²) >= 11 is 0. The lowest BCUT2D eigenvalue weighted by Gasteiger charge is -2.11. The summed E-state index contributed by atoms with van der Waals surface area (Å²) < 4.78 is 4.99. The number of ether oxygens (including phenoxy) is 1. The van der Waals surface area contributed by atoms with Gasteiger partial charge in [-0.25, -0.2) is 5.11 Å². The lowest BCUT2D eigenvalue weighted by molar-refractivity contribution is -0.0443. The molecular formula is C6H13O2. The van der Waals surface area contributed by atoms with Gasteiger partial charge in [0.25, 0.3) is 0 Å². The topological polar surface area (TPSA) is 29.1 Å². The fourth-order valence-electron chi connectivity index (χ4n) is 0.398. The minimum Gasteiger partial charge on any atom is -0.376 e. The smallest absolute Gasteiger partial charge is 0.116 e. The van der Waals surface area contributed by atoms with E-state index in [1.165, 1.54) is 0 Å². The van der Waals surface area contributed by atoms with Gasteiger partial charge < -0.3 is 4.74 Å². The fourth-order valence-corrected chi connectivity index (χ4v) is 0.398. The van der Waals surface area contributed by atoms with Crippen molar-refractivity contribution in [2.24, 2.45) is 0 Å². The summed E-state index contributed by atoms with van der Waals surface area (Å²) in [6.45, 7) is 5.92. The van der Waals surface area contributed by atoms with Crippen LogP contribution in [0.4, 0.5) is 0 Å². The van der Waals surface area contributed by atoms with Gasteiger partial charge in [-0.2, -0.15) is 0 Å². The van der Waals surface area contributed by atoms with Crippen molar-refractivity contribution in [2.45, 2.75) is 33.0 Å². The maximum Gasteiger partial charge on any atom is 0.116 e. The maximum atomic E-state index is 10.5. The van der Waals surface area contributed by atoms with Crippen LogP contribution in [0, 0.1) is 0 Å². The molecule has 0 spiro atoms. The molecule has 2 unspecified atom stereocenters. The second kappa shape index (κ2) is 3.87. The van der Waals surface area contributed by atoms with Gasteiger partial charge >= 0.3 is 0 Å². The third-order valence-corrected chi connectivity index (χ3v) is 1.09. The Morgan fingerprint density at radius 1 is 1.50 bits per heavy atom. The molecule has 2 heteroatoms. The molecule has 0 aromatic rings. The highest BCUT2D eigenvalue weighted by Gasteiger charge is 2.07. The van der Waals surface area contributed by atoms with E-state index in [2.05, 4.69) is 0 Å². The van der Waals surface area contributed by atoms with Crippen molar-refractivity contribution in [3.63, 3.8) is 0 Å². The minimum atomic E-state index is -0.602. The van der Waals surface area contributed by atoms with Crippen LogP contribution in [-0.4, -0.2) is 18.8 Å².